The van der Waals surface area contributed by atoms with Crippen LogP contribution in [0.5, 0.6) is 0 Å². The predicted molar refractivity (Wildman–Crippen MR) is 64.2 cm³/mol. The molecule has 0 spiro atoms. The van der Waals surface area contributed by atoms with Crippen LogP contribution in [0.2, 0.25) is 0 Å². The third kappa shape index (κ3) is 2.88. The topological polar surface area (TPSA) is 0 Å². The third-order valence-electron chi connectivity index (χ3n) is 2.46. The molecule has 0 atom stereocenters. The van der Waals surface area contributed by atoms with Crippen LogP contribution in [-0.2, 0) is 0 Å². The maximum Gasteiger partial charge on any atom is -0.0238 e. The Kier molecular flexibility index (Phi) is 4.18. The van der Waals surface area contributed by atoms with E-state index in [1.807, 2.05) is 6.08 Å². The fourth-order valence-electron chi connectivity index (χ4n) is 1.49. The Bertz CT molecular complexity index is 311. The summed E-state index contributed by atoms with van der Waals surface area (Å²) in [6.07, 6.45) is 13.8. The van der Waals surface area contributed by atoms with Crippen molar-refractivity contribution in [1.82, 2.24) is 0 Å². The Morgan fingerprint density at radius 2 is 2.36 bits per heavy atom. The molecule has 0 saturated carbocycles. The quantitative estimate of drug-likeness (QED) is 0.573. The second-order valence-corrected chi connectivity index (χ2v) is 3.46. The van der Waals surface area contributed by atoms with Crippen LogP contribution in [0.3, 0.4) is 0 Å². The molecule has 74 valence electrons. The molecule has 0 aromatic rings. The molecule has 0 aliphatic heterocycles. The van der Waals surface area contributed by atoms with E-state index < -0.39 is 0 Å². The molecule has 0 heterocycles. The van der Waals surface area contributed by atoms with Gasteiger partial charge < -0.3 is 0 Å². The Hall–Kier alpha value is -1.30. The summed E-state index contributed by atoms with van der Waals surface area (Å²) in [5.74, 6) is 0. The first kappa shape index (κ1) is 10.8. The van der Waals surface area contributed by atoms with Crippen LogP contribution in [0.25, 0.3) is 0 Å². The van der Waals surface area contributed by atoms with Crippen LogP contribution in [0.4, 0.5) is 0 Å². The van der Waals surface area contributed by atoms with E-state index in [0.717, 1.165) is 24.8 Å². The standard InChI is InChI=1S/C14H18/c1-4-13(5-2)11-12(3)14-9-7-6-8-10-14/h4,6-7,9,11H,1,3,5,8,10H2,2H3/b13-11+. The molecule has 0 radical (unpaired) electrons. The Morgan fingerprint density at radius 3 is 2.86 bits per heavy atom. The Balaban J connectivity index is 2.74. The van der Waals surface area contributed by atoms with Gasteiger partial charge in [0.25, 0.3) is 0 Å². The van der Waals surface area contributed by atoms with Gasteiger partial charge in [-0.05, 0) is 36.0 Å². The fourth-order valence-corrected chi connectivity index (χ4v) is 1.49. The molecular formula is C14H18. The summed E-state index contributed by atoms with van der Waals surface area (Å²) in [7, 11) is 0. The van der Waals surface area contributed by atoms with Crippen molar-refractivity contribution >= 4 is 0 Å². The van der Waals surface area contributed by atoms with Crippen LogP contribution < -0.4 is 0 Å². The lowest BCUT2D eigenvalue weighted by Crippen LogP contribution is -1.90. The molecule has 0 saturated heterocycles. The van der Waals surface area contributed by atoms with Crippen LogP contribution in [0, 0.1) is 0 Å². The molecule has 1 aliphatic carbocycles. The molecule has 0 heteroatoms. The summed E-state index contributed by atoms with van der Waals surface area (Å²) in [6, 6.07) is 0. The normalized spacial score (nSPS) is 16.4. The number of hydrogen-bond donors (Lipinski definition) is 0. The van der Waals surface area contributed by atoms with Crippen LogP contribution in [-0.4, -0.2) is 0 Å². The smallest absolute Gasteiger partial charge is 0.0238 e. The monoisotopic (exact) mass is 186 g/mol. The summed E-state index contributed by atoms with van der Waals surface area (Å²) >= 11 is 0. The Labute approximate surface area is 87.0 Å². The summed E-state index contributed by atoms with van der Waals surface area (Å²) in [6.45, 7) is 10.0. The predicted octanol–water partition coefficient (Wildman–Crippen LogP) is 4.34. The van der Waals surface area contributed by atoms with Crippen molar-refractivity contribution in [3.05, 3.63) is 60.3 Å². The average Bonchev–Trinajstić information content (AvgIpc) is 2.26. The van der Waals surface area contributed by atoms with Crippen molar-refractivity contribution in [2.45, 2.75) is 26.2 Å². The van der Waals surface area contributed by atoms with Gasteiger partial charge in [-0.3, -0.25) is 0 Å². The lowest BCUT2D eigenvalue weighted by atomic mass is 9.96. The van der Waals surface area contributed by atoms with Gasteiger partial charge >= 0.3 is 0 Å². The second kappa shape index (κ2) is 5.43. The van der Waals surface area contributed by atoms with Gasteiger partial charge in [0.2, 0.25) is 0 Å². The van der Waals surface area contributed by atoms with Crippen LogP contribution in [0.15, 0.2) is 60.3 Å². The molecule has 1 rings (SSSR count). The fraction of sp³-hybridized carbons (Fsp3) is 0.286. The van der Waals surface area contributed by atoms with Crippen molar-refractivity contribution in [3.8, 4) is 0 Å². The SMILES string of the molecule is C=C/C(=C\C(=C)C1=CC=CCC1)CC. The van der Waals surface area contributed by atoms with Crippen molar-refractivity contribution in [1.29, 1.82) is 0 Å². The highest BCUT2D eigenvalue weighted by atomic mass is 14.1. The molecule has 14 heavy (non-hydrogen) atoms. The summed E-state index contributed by atoms with van der Waals surface area (Å²) in [4.78, 5) is 0. The molecule has 0 amide bonds. The van der Waals surface area contributed by atoms with Gasteiger partial charge in [-0.1, -0.05) is 50.5 Å². The van der Waals surface area contributed by atoms with Crippen LogP contribution in [0.1, 0.15) is 26.2 Å². The summed E-state index contributed by atoms with van der Waals surface area (Å²) in [5.41, 5.74) is 3.73. The molecule has 0 fully saturated rings. The first-order chi connectivity index (χ1) is 6.77. The molecule has 0 unspecified atom stereocenters. The lowest BCUT2D eigenvalue weighted by molar-refractivity contribution is 0.977. The highest BCUT2D eigenvalue weighted by Crippen LogP contribution is 2.21. The summed E-state index contributed by atoms with van der Waals surface area (Å²) in [5, 5.41) is 0. The third-order valence-corrected chi connectivity index (χ3v) is 2.46. The minimum Gasteiger partial charge on any atom is -0.0988 e. The number of hydrogen-bond acceptors (Lipinski definition) is 0. The first-order valence-corrected chi connectivity index (χ1v) is 5.16. The second-order valence-electron chi connectivity index (χ2n) is 3.46. The zero-order valence-electron chi connectivity index (χ0n) is 8.92. The van der Waals surface area contributed by atoms with Crippen molar-refractivity contribution < 1.29 is 0 Å². The summed E-state index contributed by atoms with van der Waals surface area (Å²) < 4.78 is 0. The molecule has 0 nitrogen and oxygen atoms in total. The van der Waals surface area contributed by atoms with E-state index in [1.54, 1.807) is 0 Å². The Morgan fingerprint density at radius 1 is 1.57 bits per heavy atom. The van der Waals surface area contributed by atoms with Crippen molar-refractivity contribution in [2.24, 2.45) is 0 Å². The van der Waals surface area contributed by atoms with Gasteiger partial charge in [-0.15, -0.1) is 0 Å². The van der Waals surface area contributed by atoms with Gasteiger partial charge in [0.05, 0.1) is 0 Å². The van der Waals surface area contributed by atoms with Gasteiger partial charge in [0, 0.05) is 0 Å². The molecule has 0 aromatic carbocycles. The van der Waals surface area contributed by atoms with Gasteiger partial charge in [-0.25, -0.2) is 0 Å². The van der Waals surface area contributed by atoms with Gasteiger partial charge in [0.1, 0.15) is 0 Å². The zero-order chi connectivity index (χ0) is 10.4. The van der Waals surface area contributed by atoms with Crippen molar-refractivity contribution in [3.63, 3.8) is 0 Å². The molecular weight excluding hydrogens is 168 g/mol. The lowest BCUT2D eigenvalue weighted by Gasteiger charge is -2.09. The van der Waals surface area contributed by atoms with E-state index in [-0.39, 0.29) is 0 Å². The van der Waals surface area contributed by atoms with Crippen molar-refractivity contribution in [2.75, 3.05) is 0 Å². The first-order valence-electron chi connectivity index (χ1n) is 5.16. The molecule has 0 N–H and O–H groups in total. The van der Waals surface area contributed by atoms with E-state index >= 15 is 0 Å². The maximum atomic E-state index is 4.09. The minimum absolute atomic E-state index is 1.02. The van der Waals surface area contributed by atoms with E-state index in [0.29, 0.717) is 0 Å². The molecule has 0 aromatic heterocycles. The van der Waals surface area contributed by atoms with E-state index in [1.165, 1.54) is 11.1 Å². The van der Waals surface area contributed by atoms with Gasteiger partial charge in [0.15, 0.2) is 0 Å². The maximum absolute atomic E-state index is 4.09. The van der Waals surface area contributed by atoms with Gasteiger partial charge in [-0.2, -0.15) is 0 Å². The van der Waals surface area contributed by atoms with E-state index in [2.05, 4.69) is 44.4 Å². The average molecular weight is 186 g/mol. The number of allylic oxidation sites excluding steroid dienone is 8. The van der Waals surface area contributed by atoms with E-state index in [9.17, 15) is 0 Å². The zero-order valence-corrected chi connectivity index (χ0v) is 8.92. The van der Waals surface area contributed by atoms with E-state index in [4.69, 9.17) is 0 Å². The molecule has 1 aliphatic rings. The number of rotatable bonds is 4. The molecule has 0 bridgehead atoms. The highest BCUT2D eigenvalue weighted by molar-refractivity contribution is 5.43. The largest absolute Gasteiger partial charge is 0.0988 e. The minimum atomic E-state index is 1.02. The van der Waals surface area contributed by atoms with Crippen LogP contribution >= 0.6 is 0 Å². The highest BCUT2D eigenvalue weighted by Gasteiger charge is 2.02.